The van der Waals surface area contributed by atoms with Crippen LogP contribution in [-0.2, 0) is 0 Å². The van der Waals surface area contributed by atoms with Gasteiger partial charge in [-0.2, -0.15) is 0 Å². The maximum absolute atomic E-state index is 6.19. The van der Waals surface area contributed by atoms with E-state index in [0.717, 1.165) is 25.1 Å². The van der Waals surface area contributed by atoms with Crippen LogP contribution in [0.15, 0.2) is 48.7 Å². The average Bonchev–Trinajstić information content (AvgIpc) is 3.01. The summed E-state index contributed by atoms with van der Waals surface area (Å²) in [6.07, 6.45) is 3.07. The first kappa shape index (κ1) is 13.1. The van der Waals surface area contributed by atoms with Crippen LogP contribution in [0.3, 0.4) is 0 Å². The SMILES string of the molecule is Cc1ccc(OC(c2ccccc2)[C@H]2CCNC2)nc1. The molecule has 1 aromatic heterocycles. The Labute approximate surface area is 120 Å². The van der Waals surface area contributed by atoms with Gasteiger partial charge in [0.1, 0.15) is 6.10 Å². The maximum Gasteiger partial charge on any atom is 0.213 e. The Kier molecular flexibility index (Phi) is 3.97. The summed E-state index contributed by atoms with van der Waals surface area (Å²) in [4.78, 5) is 4.37. The van der Waals surface area contributed by atoms with Crippen molar-refractivity contribution in [2.75, 3.05) is 13.1 Å². The van der Waals surface area contributed by atoms with Crippen LogP contribution in [0.2, 0.25) is 0 Å². The molecule has 0 spiro atoms. The van der Waals surface area contributed by atoms with Crippen molar-refractivity contribution < 1.29 is 4.74 Å². The van der Waals surface area contributed by atoms with Gasteiger partial charge in [0.15, 0.2) is 0 Å². The third kappa shape index (κ3) is 2.99. The molecule has 104 valence electrons. The van der Waals surface area contributed by atoms with Gasteiger partial charge in [-0.15, -0.1) is 0 Å². The number of aryl methyl sites for hydroxylation is 1. The van der Waals surface area contributed by atoms with E-state index in [1.165, 1.54) is 5.56 Å². The van der Waals surface area contributed by atoms with Crippen molar-refractivity contribution in [3.63, 3.8) is 0 Å². The number of hydrogen-bond donors (Lipinski definition) is 1. The van der Waals surface area contributed by atoms with Crippen LogP contribution in [0.4, 0.5) is 0 Å². The number of aromatic nitrogens is 1. The molecule has 0 radical (unpaired) electrons. The molecular formula is C17H20N2O. The third-order valence-corrected chi connectivity index (χ3v) is 3.79. The molecule has 1 N–H and O–H groups in total. The Morgan fingerprint density at radius 2 is 2.05 bits per heavy atom. The van der Waals surface area contributed by atoms with Crippen molar-refractivity contribution in [1.82, 2.24) is 10.3 Å². The monoisotopic (exact) mass is 268 g/mol. The second-order valence-electron chi connectivity index (χ2n) is 5.38. The maximum atomic E-state index is 6.19. The van der Waals surface area contributed by atoms with E-state index in [1.807, 2.05) is 31.3 Å². The minimum Gasteiger partial charge on any atom is -0.469 e. The first-order chi connectivity index (χ1) is 9.83. The van der Waals surface area contributed by atoms with Gasteiger partial charge in [0.05, 0.1) is 0 Å². The molecule has 1 aliphatic heterocycles. The molecule has 1 aromatic carbocycles. The van der Waals surface area contributed by atoms with E-state index in [1.54, 1.807) is 0 Å². The Morgan fingerprint density at radius 3 is 2.70 bits per heavy atom. The lowest BCUT2D eigenvalue weighted by molar-refractivity contribution is 0.138. The van der Waals surface area contributed by atoms with Crippen molar-refractivity contribution in [3.05, 3.63) is 59.8 Å². The third-order valence-electron chi connectivity index (χ3n) is 3.79. The van der Waals surface area contributed by atoms with Gasteiger partial charge >= 0.3 is 0 Å². The lowest BCUT2D eigenvalue weighted by Crippen LogP contribution is -2.21. The Hall–Kier alpha value is -1.87. The molecule has 20 heavy (non-hydrogen) atoms. The summed E-state index contributed by atoms with van der Waals surface area (Å²) in [5.41, 5.74) is 2.37. The molecule has 3 nitrogen and oxygen atoms in total. The molecule has 1 fully saturated rings. The lowest BCUT2D eigenvalue weighted by Gasteiger charge is -2.24. The normalized spacial score (nSPS) is 19.8. The highest BCUT2D eigenvalue weighted by Crippen LogP contribution is 2.31. The quantitative estimate of drug-likeness (QED) is 0.925. The van der Waals surface area contributed by atoms with E-state index in [0.29, 0.717) is 11.8 Å². The van der Waals surface area contributed by atoms with Gasteiger partial charge < -0.3 is 10.1 Å². The van der Waals surface area contributed by atoms with E-state index in [4.69, 9.17) is 4.74 Å². The fourth-order valence-corrected chi connectivity index (χ4v) is 2.67. The van der Waals surface area contributed by atoms with E-state index in [2.05, 4.69) is 34.6 Å². The number of nitrogens with zero attached hydrogens (tertiary/aromatic N) is 1. The van der Waals surface area contributed by atoms with E-state index < -0.39 is 0 Å². The van der Waals surface area contributed by atoms with Crippen molar-refractivity contribution >= 4 is 0 Å². The van der Waals surface area contributed by atoms with Crippen molar-refractivity contribution in [2.24, 2.45) is 5.92 Å². The topological polar surface area (TPSA) is 34.1 Å². The Bertz CT molecular complexity index is 533. The van der Waals surface area contributed by atoms with Crippen LogP contribution in [-0.4, -0.2) is 18.1 Å². The largest absolute Gasteiger partial charge is 0.469 e. The fraction of sp³-hybridized carbons (Fsp3) is 0.353. The van der Waals surface area contributed by atoms with Crippen LogP contribution in [0.25, 0.3) is 0 Å². The van der Waals surface area contributed by atoms with Crippen molar-refractivity contribution in [1.29, 1.82) is 0 Å². The first-order valence-corrected chi connectivity index (χ1v) is 7.18. The van der Waals surface area contributed by atoms with Crippen LogP contribution in [0, 0.1) is 12.8 Å². The van der Waals surface area contributed by atoms with Crippen LogP contribution in [0.1, 0.15) is 23.7 Å². The summed E-state index contributed by atoms with van der Waals surface area (Å²) < 4.78 is 6.19. The predicted molar refractivity (Wildman–Crippen MR) is 79.8 cm³/mol. The minimum atomic E-state index is 0.0707. The Balaban J connectivity index is 1.83. The number of nitrogens with one attached hydrogen (secondary N) is 1. The summed E-state index contributed by atoms with van der Waals surface area (Å²) in [6.45, 7) is 4.11. The van der Waals surface area contributed by atoms with E-state index >= 15 is 0 Å². The second-order valence-corrected chi connectivity index (χ2v) is 5.38. The molecule has 3 rings (SSSR count). The zero-order chi connectivity index (χ0) is 13.8. The average molecular weight is 268 g/mol. The lowest BCUT2D eigenvalue weighted by atomic mass is 9.95. The molecule has 2 atom stereocenters. The van der Waals surface area contributed by atoms with Gasteiger partial charge in [-0.1, -0.05) is 36.4 Å². The van der Waals surface area contributed by atoms with E-state index in [9.17, 15) is 0 Å². The van der Waals surface area contributed by atoms with Crippen LogP contribution < -0.4 is 10.1 Å². The highest BCUT2D eigenvalue weighted by atomic mass is 16.5. The summed E-state index contributed by atoms with van der Waals surface area (Å²) in [7, 11) is 0. The molecule has 2 heterocycles. The van der Waals surface area contributed by atoms with Crippen molar-refractivity contribution in [3.8, 4) is 5.88 Å². The highest BCUT2D eigenvalue weighted by Gasteiger charge is 2.28. The Morgan fingerprint density at radius 1 is 1.20 bits per heavy atom. The van der Waals surface area contributed by atoms with Gasteiger partial charge in [0.2, 0.25) is 5.88 Å². The van der Waals surface area contributed by atoms with E-state index in [-0.39, 0.29) is 6.10 Å². The smallest absolute Gasteiger partial charge is 0.213 e. The zero-order valence-corrected chi connectivity index (χ0v) is 11.8. The zero-order valence-electron chi connectivity index (χ0n) is 11.8. The summed E-state index contributed by atoms with van der Waals surface area (Å²) >= 11 is 0. The second kappa shape index (κ2) is 6.06. The number of benzene rings is 1. The molecule has 1 unspecified atom stereocenters. The highest BCUT2D eigenvalue weighted by molar-refractivity contribution is 5.22. The predicted octanol–water partition coefficient (Wildman–Crippen LogP) is 3.12. The van der Waals surface area contributed by atoms with Gasteiger partial charge in [-0.05, 0) is 31.0 Å². The summed E-state index contributed by atoms with van der Waals surface area (Å²) in [5, 5.41) is 3.42. The minimum absolute atomic E-state index is 0.0707. The molecule has 0 aliphatic carbocycles. The number of hydrogen-bond acceptors (Lipinski definition) is 3. The van der Waals surface area contributed by atoms with Crippen molar-refractivity contribution in [2.45, 2.75) is 19.4 Å². The summed E-state index contributed by atoms with van der Waals surface area (Å²) in [6, 6.07) is 14.4. The molecular weight excluding hydrogens is 248 g/mol. The number of ether oxygens (including phenoxy) is 1. The van der Waals surface area contributed by atoms with Crippen LogP contribution in [0.5, 0.6) is 5.88 Å². The molecule has 0 bridgehead atoms. The first-order valence-electron chi connectivity index (χ1n) is 7.18. The van der Waals surface area contributed by atoms with Crippen LogP contribution >= 0.6 is 0 Å². The number of pyridine rings is 1. The molecule has 0 amide bonds. The standard InChI is InChI=1S/C17H20N2O/c1-13-7-8-16(19-11-13)20-17(15-9-10-18-12-15)14-5-3-2-4-6-14/h2-8,11,15,17-18H,9-10,12H2,1H3/t15-,17?/m0/s1. The molecule has 1 saturated heterocycles. The fourth-order valence-electron chi connectivity index (χ4n) is 2.67. The van der Waals surface area contributed by atoms with Gasteiger partial charge in [-0.25, -0.2) is 4.98 Å². The van der Waals surface area contributed by atoms with Gasteiger partial charge in [0.25, 0.3) is 0 Å². The molecule has 3 heteroatoms. The number of rotatable bonds is 4. The molecule has 0 saturated carbocycles. The molecule has 1 aliphatic rings. The van der Waals surface area contributed by atoms with Gasteiger partial charge in [0, 0.05) is 24.7 Å². The summed E-state index contributed by atoms with van der Waals surface area (Å²) in [5.74, 6) is 1.21. The van der Waals surface area contributed by atoms with Gasteiger partial charge in [-0.3, -0.25) is 0 Å². The molecule has 2 aromatic rings.